The second-order valence-electron chi connectivity index (χ2n) is 5.82. The van der Waals surface area contributed by atoms with Crippen LogP contribution < -0.4 is 0 Å². The van der Waals surface area contributed by atoms with Gasteiger partial charge in [-0.1, -0.05) is 19.0 Å². The monoisotopic (exact) mass is 275 g/mol. The average molecular weight is 275 g/mol. The Morgan fingerprint density at radius 3 is 2.95 bits per heavy atom. The van der Waals surface area contributed by atoms with Gasteiger partial charge in [0.1, 0.15) is 17.7 Å². The van der Waals surface area contributed by atoms with E-state index in [1.165, 1.54) is 6.42 Å². The number of rotatable bonds is 4. The molecule has 0 spiro atoms. The van der Waals surface area contributed by atoms with E-state index in [-0.39, 0.29) is 0 Å². The Labute approximate surface area is 119 Å². The second-order valence-corrected chi connectivity index (χ2v) is 5.82. The maximum absolute atomic E-state index is 5.51. The van der Waals surface area contributed by atoms with Gasteiger partial charge in [0.25, 0.3) is 0 Å². The molecular weight excluding hydrogens is 254 g/mol. The summed E-state index contributed by atoms with van der Waals surface area (Å²) in [6, 6.07) is 2.37. The van der Waals surface area contributed by atoms with Crippen molar-refractivity contribution in [2.24, 2.45) is 0 Å². The number of hydrogen-bond acceptors (Lipinski definition) is 5. The molecule has 108 valence electrons. The lowest BCUT2D eigenvalue weighted by Crippen LogP contribution is -2.23. The highest BCUT2D eigenvalue weighted by Crippen LogP contribution is 2.32. The molecule has 1 fully saturated rings. The quantitative estimate of drug-likeness (QED) is 0.855. The van der Waals surface area contributed by atoms with Gasteiger partial charge in [0.15, 0.2) is 5.89 Å². The van der Waals surface area contributed by atoms with Crippen LogP contribution in [-0.4, -0.2) is 21.6 Å². The molecule has 20 heavy (non-hydrogen) atoms. The van der Waals surface area contributed by atoms with Gasteiger partial charge < -0.3 is 8.94 Å². The van der Waals surface area contributed by atoms with Crippen molar-refractivity contribution in [3.05, 3.63) is 35.4 Å². The smallest absolute Gasteiger partial charge is 0.196 e. The van der Waals surface area contributed by atoms with Gasteiger partial charge in [-0.05, 0) is 26.3 Å². The predicted molar refractivity (Wildman–Crippen MR) is 74.2 cm³/mol. The molecule has 0 unspecified atom stereocenters. The van der Waals surface area contributed by atoms with Crippen molar-refractivity contribution in [2.45, 2.75) is 52.1 Å². The van der Waals surface area contributed by atoms with E-state index in [4.69, 9.17) is 8.94 Å². The number of oxazole rings is 1. The van der Waals surface area contributed by atoms with Gasteiger partial charge in [-0.15, -0.1) is 0 Å². The number of aryl methyl sites for hydroxylation is 1. The Balaban J connectivity index is 1.72. The lowest BCUT2D eigenvalue weighted by Gasteiger charge is -2.21. The molecular formula is C15H21N3O2. The molecule has 3 rings (SSSR count). The minimum atomic E-state index is 0.330. The fourth-order valence-electron chi connectivity index (χ4n) is 2.76. The van der Waals surface area contributed by atoms with Crippen LogP contribution in [0.15, 0.2) is 21.3 Å². The van der Waals surface area contributed by atoms with Gasteiger partial charge in [-0.2, -0.15) is 0 Å². The summed E-state index contributed by atoms with van der Waals surface area (Å²) in [4.78, 5) is 6.96. The van der Waals surface area contributed by atoms with Crippen LogP contribution in [0.5, 0.6) is 0 Å². The molecule has 5 nitrogen and oxygen atoms in total. The third-order valence-corrected chi connectivity index (χ3v) is 3.78. The summed E-state index contributed by atoms with van der Waals surface area (Å²) in [5.41, 5.74) is 2.04. The minimum Gasteiger partial charge on any atom is -0.448 e. The summed E-state index contributed by atoms with van der Waals surface area (Å²) in [7, 11) is 0. The summed E-state index contributed by atoms with van der Waals surface area (Å²) in [5, 5.41) is 4.16. The maximum atomic E-state index is 5.51. The highest BCUT2D eigenvalue weighted by atomic mass is 16.5. The highest BCUT2D eigenvalue weighted by molar-refractivity contribution is 5.11. The Morgan fingerprint density at radius 1 is 1.45 bits per heavy atom. The molecule has 0 bridgehead atoms. The van der Waals surface area contributed by atoms with Crippen LogP contribution in [0.4, 0.5) is 0 Å². The predicted octanol–water partition coefficient (Wildman–Crippen LogP) is 3.43. The third kappa shape index (κ3) is 2.63. The van der Waals surface area contributed by atoms with E-state index in [9.17, 15) is 0 Å². The maximum Gasteiger partial charge on any atom is 0.196 e. The normalized spacial score (nSPS) is 20.1. The molecule has 0 aliphatic carbocycles. The highest BCUT2D eigenvalue weighted by Gasteiger charge is 2.29. The molecule has 1 saturated heterocycles. The minimum absolute atomic E-state index is 0.330. The van der Waals surface area contributed by atoms with Crippen LogP contribution in [-0.2, 0) is 6.54 Å². The molecule has 0 saturated carbocycles. The van der Waals surface area contributed by atoms with E-state index in [2.05, 4.69) is 28.9 Å². The first-order valence-corrected chi connectivity index (χ1v) is 7.25. The second kappa shape index (κ2) is 5.40. The van der Waals surface area contributed by atoms with Gasteiger partial charge in [0.2, 0.25) is 0 Å². The van der Waals surface area contributed by atoms with Crippen molar-refractivity contribution in [1.29, 1.82) is 0 Å². The molecule has 0 N–H and O–H groups in total. The van der Waals surface area contributed by atoms with Gasteiger partial charge in [-0.3, -0.25) is 4.90 Å². The van der Waals surface area contributed by atoms with Crippen molar-refractivity contribution in [3.8, 4) is 0 Å². The summed E-state index contributed by atoms with van der Waals surface area (Å²) in [5.74, 6) is 2.01. The summed E-state index contributed by atoms with van der Waals surface area (Å²) in [6.45, 7) is 7.99. The third-order valence-electron chi connectivity index (χ3n) is 3.78. The van der Waals surface area contributed by atoms with Crippen LogP contribution in [0.25, 0.3) is 0 Å². The summed E-state index contributed by atoms with van der Waals surface area (Å²) in [6.07, 6.45) is 4.09. The van der Waals surface area contributed by atoms with Gasteiger partial charge >= 0.3 is 0 Å². The van der Waals surface area contributed by atoms with E-state index < -0.39 is 0 Å². The fourth-order valence-corrected chi connectivity index (χ4v) is 2.76. The van der Waals surface area contributed by atoms with Crippen molar-refractivity contribution in [2.75, 3.05) is 6.54 Å². The molecule has 3 heterocycles. The van der Waals surface area contributed by atoms with Crippen molar-refractivity contribution in [3.63, 3.8) is 0 Å². The standard InChI is InChI=1S/C15H21N3O2/c1-10(2)15-16-12(9-19-15)8-18-6-4-5-14(18)13-7-11(3)20-17-13/h7,9-10,14H,4-6,8H2,1-3H3/t14-/m0/s1. The molecule has 2 aromatic rings. The first-order chi connectivity index (χ1) is 9.63. The van der Waals surface area contributed by atoms with E-state index in [1.807, 2.05) is 13.0 Å². The van der Waals surface area contributed by atoms with E-state index in [0.717, 1.165) is 42.5 Å². The van der Waals surface area contributed by atoms with Gasteiger partial charge in [-0.25, -0.2) is 4.98 Å². The Hall–Kier alpha value is -1.62. The SMILES string of the molecule is Cc1cc([C@@H]2CCCN2Cc2coc(C(C)C)n2)no1. The van der Waals surface area contributed by atoms with Crippen molar-refractivity contribution >= 4 is 0 Å². The summed E-state index contributed by atoms with van der Waals surface area (Å²) < 4.78 is 10.7. The van der Waals surface area contributed by atoms with Crippen LogP contribution in [0.2, 0.25) is 0 Å². The topological polar surface area (TPSA) is 55.3 Å². The lowest BCUT2D eigenvalue weighted by atomic mass is 10.1. The largest absolute Gasteiger partial charge is 0.448 e. The first-order valence-electron chi connectivity index (χ1n) is 7.25. The lowest BCUT2D eigenvalue weighted by molar-refractivity contribution is 0.234. The summed E-state index contributed by atoms with van der Waals surface area (Å²) >= 11 is 0. The molecule has 0 amide bonds. The fraction of sp³-hybridized carbons (Fsp3) is 0.600. The van der Waals surface area contributed by atoms with Crippen LogP contribution >= 0.6 is 0 Å². The van der Waals surface area contributed by atoms with Gasteiger partial charge in [0, 0.05) is 18.5 Å². The number of aromatic nitrogens is 2. The van der Waals surface area contributed by atoms with Crippen LogP contribution in [0.1, 0.15) is 61.7 Å². The zero-order valence-corrected chi connectivity index (χ0v) is 12.3. The molecule has 2 aromatic heterocycles. The van der Waals surface area contributed by atoms with Crippen LogP contribution in [0.3, 0.4) is 0 Å². The molecule has 1 aliphatic heterocycles. The molecule has 0 radical (unpaired) electrons. The molecule has 0 aromatic carbocycles. The van der Waals surface area contributed by atoms with Crippen molar-refractivity contribution < 1.29 is 8.94 Å². The zero-order chi connectivity index (χ0) is 14.1. The molecule has 1 aliphatic rings. The number of likely N-dealkylation sites (tertiary alicyclic amines) is 1. The van der Waals surface area contributed by atoms with Crippen LogP contribution in [0, 0.1) is 6.92 Å². The van der Waals surface area contributed by atoms with E-state index in [1.54, 1.807) is 6.26 Å². The first kappa shape index (κ1) is 13.4. The van der Waals surface area contributed by atoms with E-state index in [0.29, 0.717) is 12.0 Å². The Morgan fingerprint density at radius 2 is 2.30 bits per heavy atom. The molecule has 1 atom stereocenters. The average Bonchev–Trinajstić information content (AvgIpc) is 3.09. The zero-order valence-electron chi connectivity index (χ0n) is 12.3. The van der Waals surface area contributed by atoms with Crippen molar-refractivity contribution in [1.82, 2.24) is 15.0 Å². The van der Waals surface area contributed by atoms with Gasteiger partial charge in [0.05, 0.1) is 11.7 Å². The Bertz CT molecular complexity index is 573. The van der Waals surface area contributed by atoms with E-state index >= 15 is 0 Å². The number of nitrogens with zero attached hydrogens (tertiary/aromatic N) is 3. The molecule has 5 heteroatoms. The number of hydrogen-bond donors (Lipinski definition) is 0. The Kier molecular flexibility index (Phi) is 3.61.